The van der Waals surface area contributed by atoms with E-state index in [1.807, 2.05) is 6.07 Å². The average molecular weight is 381 g/mol. The maximum Gasteiger partial charge on any atom is 0.306 e. The zero-order chi connectivity index (χ0) is 15.1. The topological polar surface area (TPSA) is 52.3 Å². The first-order valence-corrected chi connectivity index (χ1v) is 8.63. The number of anilines is 1. The highest BCUT2D eigenvalue weighted by Gasteiger charge is 2.11. The summed E-state index contributed by atoms with van der Waals surface area (Å²) in [6.45, 7) is 4.62. The molecule has 6 heteroatoms. The van der Waals surface area contributed by atoms with Crippen LogP contribution in [0.5, 0.6) is 0 Å². The Morgan fingerprint density at radius 2 is 2.25 bits per heavy atom. The van der Waals surface area contributed by atoms with Gasteiger partial charge < -0.3 is 10.5 Å². The second kappa shape index (κ2) is 8.80. The Morgan fingerprint density at radius 1 is 1.55 bits per heavy atom. The van der Waals surface area contributed by atoms with E-state index in [-0.39, 0.29) is 5.97 Å². The highest BCUT2D eigenvalue weighted by molar-refractivity contribution is 9.10. The summed E-state index contributed by atoms with van der Waals surface area (Å²) in [5, 5.41) is 0.586. The van der Waals surface area contributed by atoms with Crippen LogP contribution in [0.4, 0.5) is 5.69 Å². The lowest BCUT2D eigenvalue weighted by Crippen LogP contribution is -2.11. The molecule has 0 saturated carbocycles. The molecule has 0 spiro atoms. The highest BCUT2D eigenvalue weighted by atomic mass is 79.9. The number of esters is 1. The molecule has 0 heterocycles. The number of hydrogen-bond acceptors (Lipinski definition) is 4. The predicted octanol–water partition coefficient (Wildman–Crippen LogP) is 4.76. The molecule has 0 aromatic heterocycles. The Kier molecular flexibility index (Phi) is 7.77. The molecule has 0 saturated heterocycles. The van der Waals surface area contributed by atoms with Crippen LogP contribution in [0.25, 0.3) is 0 Å². The maximum atomic E-state index is 11.6. The third-order valence-electron chi connectivity index (χ3n) is 2.86. The number of halogens is 2. The number of carbonyl (C=O) groups is 1. The van der Waals surface area contributed by atoms with E-state index in [2.05, 4.69) is 29.8 Å². The van der Waals surface area contributed by atoms with Crippen molar-refractivity contribution in [3.8, 4) is 0 Å². The number of rotatable bonds is 7. The number of benzene rings is 1. The molecule has 0 radical (unpaired) electrons. The first-order valence-electron chi connectivity index (χ1n) is 6.47. The molecular formula is C14H19BrClNO2S. The van der Waals surface area contributed by atoms with Crippen molar-refractivity contribution >= 4 is 50.9 Å². The standard InChI is InChI=1S/C14H19BrClNO2S/c1-3-9(2)8-19-12(18)6-7-20-14-11(17)5-4-10(15)13(14)16/h4-5,9H,3,6-8,17H2,1-2H3. The van der Waals surface area contributed by atoms with E-state index in [1.54, 1.807) is 6.07 Å². The molecule has 0 aliphatic rings. The normalized spacial score (nSPS) is 12.2. The van der Waals surface area contributed by atoms with E-state index in [9.17, 15) is 4.79 Å². The molecule has 0 amide bonds. The van der Waals surface area contributed by atoms with Crippen molar-refractivity contribution in [1.82, 2.24) is 0 Å². The minimum Gasteiger partial charge on any atom is -0.465 e. The summed E-state index contributed by atoms with van der Waals surface area (Å²) in [6.07, 6.45) is 1.36. The van der Waals surface area contributed by atoms with E-state index in [1.165, 1.54) is 11.8 Å². The van der Waals surface area contributed by atoms with Crippen LogP contribution in [0, 0.1) is 5.92 Å². The van der Waals surface area contributed by atoms with Crippen molar-refractivity contribution in [2.45, 2.75) is 31.6 Å². The first kappa shape index (κ1) is 17.7. The Labute approximate surface area is 137 Å². The minimum atomic E-state index is -0.178. The maximum absolute atomic E-state index is 11.6. The van der Waals surface area contributed by atoms with Gasteiger partial charge >= 0.3 is 5.97 Å². The molecule has 2 N–H and O–H groups in total. The molecular weight excluding hydrogens is 362 g/mol. The van der Waals surface area contributed by atoms with Gasteiger partial charge in [0.05, 0.1) is 22.9 Å². The van der Waals surface area contributed by atoms with Gasteiger partial charge in [-0.1, -0.05) is 31.9 Å². The van der Waals surface area contributed by atoms with Gasteiger partial charge in [0, 0.05) is 15.9 Å². The fourth-order valence-electron chi connectivity index (χ4n) is 1.36. The lowest BCUT2D eigenvalue weighted by molar-refractivity contribution is -0.144. The van der Waals surface area contributed by atoms with Gasteiger partial charge in [0.2, 0.25) is 0 Å². The molecule has 1 unspecified atom stereocenters. The Hall–Kier alpha value is -0.390. The van der Waals surface area contributed by atoms with Gasteiger partial charge in [-0.2, -0.15) is 0 Å². The van der Waals surface area contributed by atoms with Crippen LogP contribution in [0.2, 0.25) is 5.02 Å². The SMILES string of the molecule is CCC(C)COC(=O)CCSc1c(N)ccc(Br)c1Cl. The van der Waals surface area contributed by atoms with Crippen molar-refractivity contribution < 1.29 is 9.53 Å². The monoisotopic (exact) mass is 379 g/mol. The van der Waals surface area contributed by atoms with Crippen molar-refractivity contribution in [2.24, 2.45) is 5.92 Å². The largest absolute Gasteiger partial charge is 0.465 e. The van der Waals surface area contributed by atoms with Gasteiger partial charge in [-0.05, 0) is 34.0 Å². The molecule has 0 aliphatic carbocycles. The quantitative estimate of drug-likeness (QED) is 0.421. The molecule has 1 aromatic rings. The number of thioether (sulfide) groups is 1. The highest BCUT2D eigenvalue weighted by Crippen LogP contribution is 2.37. The van der Waals surface area contributed by atoms with Crippen molar-refractivity contribution in [3.63, 3.8) is 0 Å². The number of nitrogen functional groups attached to an aromatic ring is 1. The smallest absolute Gasteiger partial charge is 0.306 e. The summed E-state index contributed by atoms with van der Waals surface area (Å²) in [5.41, 5.74) is 6.50. The summed E-state index contributed by atoms with van der Waals surface area (Å²) in [7, 11) is 0. The number of hydrogen-bond donors (Lipinski definition) is 1. The number of nitrogens with two attached hydrogens (primary N) is 1. The van der Waals surface area contributed by atoms with Gasteiger partial charge in [0.1, 0.15) is 0 Å². The molecule has 1 rings (SSSR count). The zero-order valence-electron chi connectivity index (χ0n) is 11.6. The second-order valence-electron chi connectivity index (χ2n) is 4.57. The summed E-state index contributed by atoms with van der Waals surface area (Å²) in [4.78, 5) is 12.4. The fraction of sp³-hybridized carbons (Fsp3) is 0.500. The average Bonchev–Trinajstić information content (AvgIpc) is 2.44. The number of carbonyl (C=O) groups excluding carboxylic acids is 1. The molecule has 112 valence electrons. The van der Waals surface area contributed by atoms with Gasteiger partial charge in [-0.15, -0.1) is 11.8 Å². The summed E-state index contributed by atoms with van der Waals surface area (Å²) in [5.74, 6) is 0.823. The van der Waals surface area contributed by atoms with Crippen LogP contribution in [-0.2, 0) is 9.53 Å². The molecule has 0 aliphatic heterocycles. The van der Waals surface area contributed by atoms with Crippen LogP contribution in [0.1, 0.15) is 26.7 Å². The van der Waals surface area contributed by atoms with Crippen LogP contribution < -0.4 is 5.73 Å². The van der Waals surface area contributed by atoms with E-state index in [4.69, 9.17) is 22.1 Å². The van der Waals surface area contributed by atoms with Gasteiger partial charge in [0.15, 0.2) is 0 Å². The Balaban J connectivity index is 2.41. The summed E-state index contributed by atoms with van der Waals surface area (Å²) >= 11 is 11.0. The minimum absolute atomic E-state index is 0.178. The molecule has 1 aromatic carbocycles. The fourth-order valence-corrected chi connectivity index (χ4v) is 3.10. The van der Waals surface area contributed by atoms with E-state index < -0.39 is 0 Å². The van der Waals surface area contributed by atoms with Crippen molar-refractivity contribution in [2.75, 3.05) is 18.1 Å². The lowest BCUT2D eigenvalue weighted by Gasteiger charge is -2.11. The Bertz CT molecular complexity index is 471. The second-order valence-corrected chi connectivity index (χ2v) is 6.91. The van der Waals surface area contributed by atoms with Crippen LogP contribution in [0.15, 0.2) is 21.5 Å². The zero-order valence-corrected chi connectivity index (χ0v) is 14.8. The lowest BCUT2D eigenvalue weighted by atomic mass is 10.1. The van der Waals surface area contributed by atoms with Crippen molar-refractivity contribution in [1.29, 1.82) is 0 Å². The summed E-state index contributed by atoms with van der Waals surface area (Å²) in [6, 6.07) is 3.60. The molecule has 3 nitrogen and oxygen atoms in total. The molecule has 20 heavy (non-hydrogen) atoms. The third-order valence-corrected chi connectivity index (χ3v) is 5.39. The predicted molar refractivity (Wildman–Crippen MR) is 89.3 cm³/mol. The van der Waals surface area contributed by atoms with Gasteiger partial charge in [-0.3, -0.25) is 4.79 Å². The van der Waals surface area contributed by atoms with Gasteiger partial charge in [-0.25, -0.2) is 0 Å². The summed E-state index contributed by atoms with van der Waals surface area (Å²) < 4.78 is 5.99. The molecule has 1 atom stereocenters. The van der Waals surface area contributed by atoms with Gasteiger partial charge in [0.25, 0.3) is 0 Å². The van der Waals surface area contributed by atoms with E-state index in [0.29, 0.717) is 35.4 Å². The van der Waals surface area contributed by atoms with Crippen LogP contribution in [-0.4, -0.2) is 18.3 Å². The third kappa shape index (κ3) is 5.54. The first-order chi connectivity index (χ1) is 9.45. The van der Waals surface area contributed by atoms with Crippen LogP contribution >= 0.6 is 39.3 Å². The van der Waals surface area contributed by atoms with Crippen molar-refractivity contribution in [3.05, 3.63) is 21.6 Å². The van der Waals surface area contributed by atoms with E-state index >= 15 is 0 Å². The molecule has 0 bridgehead atoms. The number of ether oxygens (including phenoxy) is 1. The Morgan fingerprint density at radius 3 is 2.90 bits per heavy atom. The van der Waals surface area contributed by atoms with E-state index in [0.717, 1.165) is 15.8 Å². The van der Waals surface area contributed by atoms with Crippen LogP contribution in [0.3, 0.4) is 0 Å². The molecule has 0 fully saturated rings.